The van der Waals surface area contributed by atoms with Crippen LogP contribution >= 0.6 is 0 Å². The molecule has 2 aliphatic rings. The minimum absolute atomic E-state index is 0.00868. The largest absolute Gasteiger partial charge is 0.392 e. The van der Waals surface area contributed by atoms with Gasteiger partial charge in [-0.05, 0) is 49.3 Å². The van der Waals surface area contributed by atoms with E-state index in [1.807, 2.05) is 0 Å². The number of imidazole rings is 1. The van der Waals surface area contributed by atoms with Gasteiger partial charge in [-0.1, -0.05) is 32.1 Å². The lowest BCUT2D eigenvalue weighted by Crippen LogP contribution is -2.42. The molecule has 0 radical (unpaired) electrons. The number of nitrogens with one attached hydrogen (secondary N) is 2. The molecule has 3 aromatic rings. The maximum absolute atomic E-state index is 13.4. The monoisotopic (exact) mass is 545 g/mol. The van der Waals surface area contributed by atoms with Crippen LogP contribution in [0.25, 0.3) is 5.65 Å². The number of carbonyl (C=O) groups is 2. The molecule has 3 aromatic heterocycles. The third kappa shape index (κ3) is 6.09. The molecule has 0 bridgehead atoms. The van der Waals surface area contributed by atoms with Gasteiger partial charge in [0.15, 0.2) is 5.65 Å². The molecule has 2 amide bonds. The van der Waals surface area contributed by atoms with Crippen molar-refractivity contribution in [3.63, 3.8) is 0 Å². The Morgan fingerprint density at radius 2 is 1.82 bits per heavy atom. The van der Waals surface area contributed by atoms with Gasteiger partial charge in [0.05, 0.1) is 30.0 Å². The second kappa shape index (κ2) is 11.4. The Hall–Kier alpha value is -3.44. The number of amides is 2. The summed E-state index contributed by atoms with van der Waals surface area (Å²) in [5, 5.41) is 14.3. The summed E-state index contributed by atoms with van der Waals surface area (Å²) in [6.45, 7) is 0.0644. The molecule has 0 aliphatic heterocycles. The first-order valence-electron chi connectivity index (χ1n) is 13.7. The van der Waals surface area contributed by atoms with Gasteiger partial charge in [0.1, 0.15) is 5.69 Å². The summed E-state index contributed by atoms with van der Waals surface area (Å²) >= 11 is 0. The molecular weight excluding hydrogens is 511 g/mol. The second-order valence-electron chi connectivity index (χ2n) is 10.8. The van der Waals surface area contributed by atoms with Crippen LogP contribution in [0.4, 0.5) is 13.2 Å². The van der Waals surface area contributed by atoms with Crippen molar-refractivity contribution in [2.75, 3.05) is 0 Å². The molecule has 210 valence electrons. The number of carbonyl (C=O) groups excluding carboxylic acids is 2. The highest BCUT2D eigenvalue weighted by atomic mass is 19.4. The number of aryl methyl sites for hydroxylation is 1. The summed E-state index contributed by atoms with van der Waals surface area (Å²) in [6.07, 6.45) is 7.23. The SMILES string of the molecule is Cn1nccc1C(=O)N[C@H](c1cn2ncc(CNC(=O)[C@@H]3CCCC[C@H]3C(F)(F)F)cc2n1)C1CCCCC1. The molecule has 39 heavy (non-hydrogen) atoms. The molecule has 0 spiro atoms. The van der Waals surface area contributed by atoms with Crippen LogP contribution in [0.5, 0.6) is 0 Å². The van der Waals surface area contributed by atoms with Crippen molar-refractivity contribution in [3.05, 3.63) is 47.7 Å². The fourth-order valence-corrected chi connectivity index (χ4v) is 6.05. The summed E-state index contributed by atoms with van der Waals surface area (Å²) < 4.78 is 43.5. The molecule has 0 unspecified atom stereocenters. The van der Waals surface area contributed by atoms with Gasteiger partial charge < -0.3 is 10.6 Å². The van der Waals surface area contributed by atoms with Crippen LogP contribution in [-0.2, 0) is 18.4 Å². The fraction of sp³-hybridized carbons (Fsp3) is 0.593. The van der Waals surface area contributed by atoms with E-state index >= 15 is 0 Å². The Morgan fingerprint density at radius 3 is 2.54 bits per heavy atom. The van der Waals surface area contributed by atoms with E-state index in [-0.39, 0.29) is 37.3 Å². The van der Waals surface area contributed by atoms with Crippen molar-refractivity contribution >= 4 is 17.5 Å². The molecule has 3 atom stereocenters. The minimum atomic E-state index is -4.38. The van der Waals surface area contributed by atoms with E-state index in [1.165, 1.54) is 11.1 Å². The van der Waals surface area contributed by atoms with Crippen LogP contribution in [-0.4, -0.2) is 42.4 Å². The molecule has 0 saturated heterocycles. The highest BCUT2D eigenvalue weighted by Gasteiger charge is 2.48. The standard InChI is InChI=1S/C27H34F3N7O2/c1-36-22(11-12-32-36)26(39)35-24(18-7-3-2-4-8-18)21-16-37-23(34-21)13-17(15-33-37)14-31-25(38)19-9-5-6-10-20(19)27(28,29)30/h11-13,15-16,18-20,24H,2-10,14H2,1H3,(H,31,38)(H,35,39)/t19-,20-,24+/m1/s1. The van der Waals surface area contributed by atoms with Crippen LogP contribution in [0.3, 0.4) is 0 Å². The summed E-state index contributed by atoms with van der Waals surface area (Å²) in [5.41, 5.74) is 2.33. The topological polar surface area (TPSA) is 106 Å². The number of nitrogens with zero attached hydrogens (tertiary/aromatic N) is 5. The minimum Gasteiger partial charge on any atom is -0.352 e. The zero-order valence-corrected chi connectivity index (χ0v) is 22.0. The molecule has 2 fully saturated rings. The summed E-state index contributed by atoms with van der Waals surface area (Å²) in [4.78, 5) is 30.5. The summed E-state index contributed by atoms with van der Waals surface area (Å²) in [6, 6.07) is 3.13. The second-order valence-corrected chi connectivity index (χ2v) is 10.8. The van der Waals surface area contributed by atoms with Crippen LogP contribution in [0.1, 0.15) is 85.6 Å². The van der Waals surface area contributed by atoms with Gasteiger partial charge in [-0.3, -0.25) is 14.3 Å². The van der Waals surface area contributed by atoms with Crippen LogP contribution in [0.15, 0.2) is 30.7 Å². The molecule has 0 aromatic carbocycles. The summed E-state index contributed by atoms with van der Waals surface area (Å²) in [5.74, 6) is -3.22. The Morgan fingerprint density at radius 1 is 1.08 bits per heavy atom. The first kappa shape index (κ1) is 27.1. The quantitative estimate of drug-likeness (QED) is 0.455. The number of aromatic nitrogens is 5. The molecule has 2 saturated carbocycles. The lowest BCUT2D eigenvalue weighted by molar-refractivity contribution is -0.198. The number of fused-ring (bicyclic) bond motifs is 1. The Kier molecular flexibility index (Phi) is 7.90. The highest BCUT2D eigenvalue weighted by molar-refractivity contribution is 5.92. The van der Waals surface area contributed by atoms with Gasteiger partial charge in [-0.2, -0.15) is 23.4 Å². The number of rotatable bonds is 7. The van der Waals surface area contributed by atoms with E-state index in [9.17, 15) is 22.8 Å². The molecule has 2 N–H and O–H groups in total. The van der Waals surface area contributed by atoms with Gasteiger partial charge in [0.25, 0.3) is 5.91 Å². The molecule has 9 nitrogen and oxygen atoms in total. The predicted octanol–water partition coefficient (Wildman–Crippen LogP) is 4.50. The Labute approximate surface area is 224 Å². The van der Waals surface area contributed by atoms with Gasteiger partial charge in [0, 0.05) is 25.7 Å². The normalized spacial score (nSPS) is 21.5. The molecule has 3 heterocycles. The number of hydrogen-bond donors (Lipinski definition) is 2. The van der Waals surface area contributed by atoms with E-state index in [1.54, 1.807) is 42.3 Å². The van der Waals surface area contributed by atoms with Crippen molar-refractivity contribution in [2.24, 2.45) is 24.8 Å². The van der Waals surface area contributed by atoms with Crippen molar-refractivity contribution < 1.29 is 22.8 Å². The molecular formula is C27H34F3N7O2. The van der Waals surface area contributed by atoms with Crippen molar-refractivity contribution in [1.29, 1.82) is 0 Å². The lowest BCUT2D eigenvalue weighted by atomic mass is 9.78. The number of halogens is 3. The van der Waals surface area contributed by atoms with Crippen molar-refractivity contribution in [2.45, 2.75) is 76.6 Å². The van der Waals surface area contributed by atoms with E-state index in [2.05, 4.69) is 20.8 Å². The van der Waals surface area contributed by atoms with Gasteiger partial charge in [-0.15, -0.1) is 0 Å². The van der Waals surface area contributed by atoms with Gasteiger partial charge in [-0.25, -0.2) is 9.50 Å². The first-order chi connectivity index (χ1) is 18.7. The Balaban J connectivity index is 1.31. The number of alkyl halides is 3. The molecule has 5 rings (SSSR count). The van der Waals surface area contributed by atoms with Crippen LogP contribution < -0.4 is 10.6 Å². The van der Waals surface area contributed by atoms with E-state index < -0.39 is 23.9 Å². The summed E-state index contributed by atoms with van der Waals surface area (Å²) in [7, 11) is 1.72. The highest BCUT2D eigenvalue weighted by Crippen LogP contribution is 2.41. The first-order valence-corrected chi connectivity index (χ1v) is 13.7. The Bertz CT molecular complexity index is 1310. The lowest BCUT2D eigenvalue weighted by Gasteiger charge is -2.32. The molecule has 2 aliphatic carbocycles. The number of hydrogen-bond acceptors (Lipinski definition) is 5. The third-order valence-corrected chi connectivity index (χ3v) is 8.17. The third-order valence-electron chi connectivity index (χ3n) is 8.17. The smallest absolute Gasteiger partial charge is 0.352 e. The predicted molar refractivity (Wildman–Crippen MR) is 136 cm³/mol. The van der Waals surface area contributed by atoms with E-state index in [0.29, 0.717) is 35.4 Å². The van der Waals surface area contributed by atoms with Crippen molar-refractivity contribution in [1.82, 2.24) is 35.0 Å². The van der Waals surface area contributed by atoms with E-state index in [0.717, 1.165) is 25.7 Å². The van der Waals surface area contributed by atoms with Crippen LogP contribution in [0, 0.1) is 17.8 Å². The van der Waals surface area contributed by atoms with E-state index in [4.69, 9.17) is 4.98 Å². The molecule has 12 heteroatoms. The van der Waals surface area contributed by atoms with Gasteiger partial charge >= 0.3 is 6.18 Å². The zero-order valence-electron chi connectivity index (χ0n) is 22.0. The van der Waals surface area contributed by atoms with Gasteiger partial charge in [0.2, 0.25) is 5.91 Å². The maximum atomic E-state index is 13.4. The van der Waals surface area contributed by atoms with Crippen LogP contribution in [0.2, 0.25) is 0 Å². The zero-order chi connectivity index (χ0) is 27.6. The average Bonchev–Trinajstić information content (AvgIpc) is 3.56. The fourth-order valence-electron chi connectivity index (χ4n) is 6.05. The van der Waals surface area contributed by atoms with Crippen molar-refractivity contribution in [3.8, 4) is 0 Å². The average molecular weight is 546 g/mol. The maximum Gasteiger partial charge on any atom is 0.392 e.